The summed E-state index contributed by atoms with van der Waals surface area (Å²) < 4.78 is 0. The van der Waals surface area contributed by atoms with Crippen LogP contribution in [0.2, 0.25) is 0 Å². The van der Waals surface area contributed by atoms with Crippen LogP contribution in [-0.4, -0.2) is 48.6 Å². The third-order valence-electron chi connectivity index (χ3n) is 3.44. The first-order chi connectivity index (χ1) is 9.54. The van der Waals surface area contributed by atoms with E-state index in [9.17, 15) is 4.79 Å². The van der Waals surface area contributed by atoms with Crippen molar-refractivity contribution < 1.29 is 4.79 Å². The Balaban J connectivity index is 1.81. The van der Waals surface area contributed by atoms with Gasteiger partial charge in [-0.3, -0.25) is 4.90 Å². The Morgan fingerprint density at radius 2 is 1.80 bits per heavy atom. The van der Waals surface area contributed by atoms with Gasteiger partial charge in [0.25, 0.3) is 0 Å². The molecule has 1 aromatic carbocycles. The van der Waals surface area contributed by atoms with Crippen molar-refractivity contribution in [3.63, 3.8) is 0 Å². The lowest BCUT2D eigenvalue weighted by Crippen LogP contribution is -2.50. The zero-order chi connectivity index (χ0) is 14.5. The van der Waals surface area contributed by atoms with Crippen LogP contribution in [0.3, 0.4) is 0 Å². The number of hydrogen-bond donors (Lipinski definition) is 2. The normalized spacial score (nSPS) is 16.4. The minimum atomic E-state index is -0.0287. The summed E-state index contributed by atoms with van der Waals surface area (Å²) in [5.74, 6) is 0.671. The Morgan fingerprint density at radius 3 is 2.35 bits per heavy atom. The second kappa shape index (κ2) is 6.61. The summed E-state index contributed by atoms with van der Waals surface area (Å²) in [7, 11) is 0. The molecule has 0 aromatic heterocycles. The van der Waals surface area contributed by atoms with Crippen molar-refractivity contribution in [3.8, 4) is 0 Å². The van der Waals surface area contributed by atoms with E-state index in [1.165, 1.54) is 0 Å². The molecule has 2 amide bonds. The minimum absolute atomic E-state index is 0.0287. The number of urea groups is 1. The number of rotatable bonds is 3. The van der Waals surface area contributed by atoms with Crippen molar-refractivity contribution >= 4 is 17.4 Å². The average Bonchev–Trinajstić information content (AvgIpc) is 2.41. The SMILES string of the molecule is CC(C)CN1CCN(C(=O)Nc2ccc(N)cc2)CC1. The Hall–Kier alpha value is -1.75. The number of carbonyl (C=O) groups is 1. The van der Waals surface area contributed by atoms with E-state index in [1.807, 2.05) is 17.0 Å². The van der Waals surface area contributed by atoms with Crippen LogP contribution in [0, 0.1) is 5.92 Å². The smallest absolute Gasteiger partial charge is 0.321 e. The van der Waals surface area contributed by atoms with Crippen molar-refractivity contribution in [2.75, 3.05) is 43.8 Å². The molecule has 0 radical (unpaired) electrons. The summed E-state index contributed by atoms with van der Waals surface area (Å²) in [6.07, 6.45) is 0. The molecule has 1 saturated heterocycles. The number of benzene rings is 1. The summed E-state index contributed by atoms with van der Waals surface area (Å²) >= 11 is 0. The molecule has 0 saturated carbocycles. The molecule has 1 heterocycles. The van der Waals surface area contributed by atoms with Crippen LogP contribution in [0.25, 0.3) is 0 Å². The van der Waals surface area contributed by atoms with Crippen LogP contribution in [0.15, 0.2) is 24.3 Å². The van der Waals surface area contributed by atoms with Crippen LogP contribution >= 0.6 is 0 Å². The minimum Gasteiger partial charge on any atom is -0.399 e. The Kier molecular flexibility index (Phi) is 4.84. The van der Waals surface area contributed by atoms with Crippen molar-refractivity contribution in [1.82, 2.24) is 9.80 Å². The van der Waals surface area contributed by atoms with Gasteiger partial charge >= 0.3 is 6.03 Å². The van der Waals surface area contributed by atoms with Crippen LogP contribution in [0.1, 0.15) is 13.8 Å². The molecule has 0 spiro atoms. The number of nitrogens with one attached hydrogen (secondary N) is 1. The van der Waals surface area contributed by atoms with E-state index in [-0.39, 0.29) is 6.03 Å². The largest absolute Gasteiger partial charge is 0.399 e. The highest BCUT2D eigenvalue weighted by molar-refractivity contribution is 5.89. The molecule has 3 N–H and O–H groups in total. The summed E-state index contributed by atoms with van der Waals surface area (Å²) in [5, 5.41) is 2.91. The first-order valence-corrected chi connectivity index (χ1v) is 7.18. The number of nitrogen functional groups attached to an aromatic ring is 1. The summed E-state index contributed by atoms with van der Waals surface area (Å²) in [6.45, 7) is 9.02. The lowest BCUT2D eigenvalue weighted by molar-refractivity contribution is 0.138. The van der Waals surface area contributed by atoms with Crippen molar-refractivity contribution in [2.45, 2.75) is 13.8 Å². The standard InChI is InChI=1S/C15H24N4O/c1-12(2)11-18-7-9-19(10-8-18)15(20)17-14-5-3-13(16)4-6-14/h3-6,12H,7-11,16H2,1-2H3,(H,17,20). The lowest BCUT2D eigenvalue weighted by atomic mass is 10.2. The van der Waals surface area contributed by atoms with Gasteiger partial charge < -0.3 is 16.0 Å². The fraction of sp³-hybridized carbons (Fsp3) is 0.533. The third-order valence-corrected chi connectivity index (χ3v) is 3.44. The van der Waals surface area contributed by atoms with E-state index in [4.69, 9.17) is 5.73 Å². The van der Waals surface area contributed by atoms with Gasteiger partial charge in [0.1, 0.15) is 0 Å². The molecular formula is C15H24N4O. The molecule has 2 rings (SSSR count). The fourth-order valence-corrected chi connectivity index (χ4v) is 2.42. The average molecular weight is 276 g/mol. The zero-order valence-electron chi connectivity index (χ0n) is 12.3. The van der Waals surface area contributed by atoms with E-state index >= 15 is 0 Å². The highest BCUT2D eigenvalue weighted by atomic mass is 16.2. The second-order valence-electron chi connectivity index (χ2n) is 5.73. The molecule has 0 bridgehead atoms. The molecule has 5 heteroatoms. The molecule has 0 atom stereocenters. The van der Waals surface area contributed by atoms with Crippen LogP contribution in [0.5, 0.6) is 0 Å². The summed E-state index contributed by atoms with van der Waals surface area (Å²) in [5.41, 5.74) is 7.11. The first kappa shape index (κ1) is 14.7. The predicted molar refractivity (Wildman–Crippen MR) is 82.7 cm³/mol. The maximum absolute atomic E-state index is 12.1. The van der Waals surface area contributed by atoms with Gasteiger partial charge in [0.15, 0.2) is 0 Å². The van der Waals surface area contributed by atoms with Crippen LogP contribution < -0.4 is 11.1 Å². The van der Waals surface area contributed by atoms with Crippen LogP contribution in [-0.2, 0) is 0 Å². The van der Waals surface area contributed by atoms with E-state index in [0.29, 0.717) is 11.6 Å². The number of hydrogen-bond acceptors (Lipinski definition) is 3. The second-order valence-corrected chi connectivity index (χ2v) is 5.73. The van der Waals surface area contributed by atoms with E-state index in [0.717, 1.165) is 38.4 Å². The molecule has 0 unspecified atom stereocenters. The highest BCUT2D eigenvalue weighted by Gasteiger charge is 2.21. The van der Waals surface area contributed by atoms with Crippen molar-refractivity contribution in [1.29, 1.82) is 0 Å². The number of nitrogens with two attached hydrogens (primary N) is 1. The molecule has 0 aliphatic carbocycles. The molecule has 1 aromatic rings. The van der Waals surface area contributed by atoms with E-state index < -0.39 is 0 Å². The molecule has 20 heavy (non-hydrogen) atoms. The number of amides is 2. The first-order valence-electron chi connectivity index (χ1n) is 7.18. The van der Waals surface area contributed by atoms with Gasteiger partial charge in [-0.15, -0.1) is 0 Å². The van der Waals surface area contributed by atoms with E-state index in [2.05, 4.69) is 24.1 Å². The topological polar surface area (TPSA) is 61.6 Å². The Morgan fingerprint density at radius 1 is 1.20 bits per heavy atom. The number of piperazine rings is 1. The fourth-order valence-electron chi connectivity index (χ4n) is 2.42. The van der Waals surface area contributed by atoms with Gasteiger partial charge in [0.2, 0.25) is 0 Å². The maximum atomic E-state index is 12.1. The third kappa shape index (κ3) is 4.13. The lowest BCUT2D eigenvalue weighted by Gasteiger charge is -2.35. The van der Waals surface area contributed by atoms with Gasteiger partial charge in [-0.2, -0.15) is 0 Å². The molecule has 5 nitrogen and oxygen atoms in total. The van der Waals surface area contributed by atoms with Gasteiger partial charge in [0.05, 0.1) is 0 Å². The number of nitrogens with zero attached hydrogens (tertiary/aromatic N) is 2. The predicted octanol–water partition coefficient (Wildman–Crippen LogP) is 2.07. The van der Waals surface area contributed by atoms with Crippen molar-refractivity contribution in [3.05, 3.63) is 24.3 Å². The van der Waals surface area contributed by atoms with Gasteiger partial charge in [-0.25, -0.2) is 4.79 Å². The summed E-state index contributed by atoms with van der Waals surface area (Å²) in [4.78, 5) is 16.4. The maximum Gasteiger partial charge on any atom is 0.321 e. The monoisotopic (exact) mass is 276 g/mol. The van der Waals surface area contributed by atoms with Gasteiger partial charge in [0, 0.05) is 44.1 Å². The number of carbonyl (C=O) groups excluding carboxylic acids is 1. The Labute approximate surface area is 120 Å². The van der Waals surface area contributed by atoms with E-state index in [1.54, 1.807) is 12.1 Å². The molecule has 1 fully saturated rings. The van der Waals surface area contributed by atoms with Gasteiger partial charge in [-0.1, -0.05) is 13.8 Å². The summed E-state index contributed by atoms with van der Waals surface area (Å²) in [6, 6.07) is 7.19. The Bertz CT molecular complexity index is 436. The van der Waals surface area contributed by atoms with Crippen molar-refractivity contribution in [2.24, 2.45) is 5.92 Å². The molecule has 110 valence electrons. The zero-order valence-corrected chi connectivity index (χ0v) is 12.3. The quantitative estimate of drug-likeness (QED) is 0.831. The molecular weight excluding hydrogens is 252 g/mol. The highest BCUT2D eigenvalue weighted by Crippen LogP contribution is 2.12. The molecule has 1 aliphatic rings. The van der Waals surface area contributed by atoms with Crippen LogP contribution in [0.4, 0.5) is 16.2 Å². The number of anilines is 2. The molecule has 1 aliphatic heterocycles. The van der Waals surface area contributed by atoms with Gasteiger partial charge in [-0.05, 0) is 30.2 Å².